The number of nitrogens with two attached hydrogens (primary N) is 1. The van der Waals surface area contributed by atoms with Crippen molar-refractivity contribution in [3.8, 4) is 0 Å². The van der Waals surface area contributed by atoms with E-state index < -0.39 is 0 Å². The van der Waals surface area contributed by atoms with Gasteiger partial charge < -0.3 is 11.1 Å². The first-order valence-corrected chi connectivity index (χ1v) is 7.83. The Kier molecular flexibility index (Phi) is 5.21. The molecule has 21 heavy (non-hydrogen) atoms. The number of aryl methyl sites for hydroxylation is 2. The molecule has 0 fully saturated rings. The van der Waals surface area contributed by atoms with Gasteiger partial charge in [0.2, 0.25) is 17.0 Å². The molecule has 7 heteroatoms. The fourth-order valence-corrected chi connectivity index (χ4v) is 2.64. The minimum Gasteiger partial charge on any atom is -0.368 e. The van der Waals surface area contributed by atoms with Gasteiger partial charge in [0.05, 0.1) is 5.75 Å². The van der Waals surface area contributed by atoms with Crippen molar-refractivity contribution in [1.29, 1.82) is 0 Å². The average Bonchev–Trinajstić information content (AvgIpc) is 2.91. The highest BCUT2D eigenvalue weighted by Crippen LogP contribution is 2.23. The molecule has 0 aliphatic heterocycles. The van der Waals surface area contributed by atoms with E-state index in [9.17, 15) is 4.79 Å². The monoisotopic (exact) mass is 305 g/mol. The normalized spacial score (nSPS) is 10.6. The summed E-state index contributed by atoms with van der Waals surface area (Å²) in [6.07, 6.45) is 1.77. The summed E-state index contributed by atoms with van der Waals surface area (Å²) in [7, 11) is 0. The van der Waals surface area contributed by atoms with Crippen LogP contribution in [0.2, 0.25) is 0 Å². The number of H-pyrrole nitrogens is 1. The van der Waals surface area contributed by atoms with Gasteiger partial charge in [0.1, 0.15) is 0 Å². The van der Waals surface area contributed by atoms with Gasteiger partial charge in [-0.15, -0.1) is 5.10 Å². The molecule has 0 radical (unpaired) electrons. The Balaban J connectivity index is 2.02. The number of rotatable bonds is 6. The van der Waals surface area contributed by atoms with Crippen LogP contribution in [0.15, 0.2) is 23.4 Å². The van der Waals surface area contributed by atoms with Crippen LogP contribution in [0.1, 0.15) is 25.0 Å². The molecule has 0 unspecified atom stereocenters. The number of amides is 1. The molecule has 1 aromatic carbocycles. The zero-order valence-corrected chi connectivity index (χ0v) is 13.0. The topological polar surface area (TPSA) is 96.7 Å². The maximum Gasteiger partial charge on any atom is 0.234 e. The third-order valence-corrected chi connectivity index (χ3v) is 3.93. The first-order valence-electron chi connectivity index (χ1n) is 6.85. The van der Waals surface area contributed by atoms with E-state index in [-0.39, 0.29) is 17.6 Å². The van der Waals surface area contributed by atoms with Gasteiger partial charge in [-0.3, -0.25) is 4.79 Å². The predicted molar refractivity (Wildman–Crippen MR) is 85.3 cm³/mol. The van der Waals surface area contributed by atoms with Crippen LogP contribution in [0.4, 0.5) is 11.6 Å². The van der Waals surface area contributed by atoms with Gasteiger partial charge in [-0.2, -0.15) is 4.98 Å². The van der Waals surface area contributed by atoms with Gasteiger partial charge in [-0.1, -0.05) is 43.8 Å². The molecule has 1 heterocycles. The van der Waals surface area contributed by atoms with E-state index in [4.69, 9.17) is 5.73 Å². The predicted octanol–water partition coefficient (Wildman–Crippen LogP) is 2.24. The van der Waals surface area contributed by atoms with Crippen LogP contribution in [0.25, 0.3) is 0 Å². The van der Waals surface area contributed by atoms with E-state index in [0.717, 1.165) is 29.7 Å². The number of thioether (sulfide) groups is 1. The highest BCUT2D eigenvalue weighted by atomic mass is 32.2. The van der Waals surface area contributed by atoms with Crippen molar-refractivity contribution in [2.75, 3.05) is 16.8 Å². The largest absolute Gasteiger partial charge is 0.368 e. The standard InChI is InChI=1S/C14H19N5OS/c1-3-9-6-5-7-10(4-2)12(9)16-11(20)8-21-14-17-13(15)18-19-14/h5-7H,3-4,8H2,1-2H3,(H,16,20)(H3,15,17,18,19). The van der Waals surface area contributed by atoms with Gasteiger partial charge in [-0.05, 0) is 24.0 Å². The summed E-state index contributed by atoms with van der Waals surface area (Å²) in [5.74, 6) is 0.430. The minimum atomic E-state index is -0.0704. The van der Waals surface area contributed by atoms with Crippen molar-refractivity contribution in [3.05, 3.63) is 29.3 Å². The summed E-state index contributed by atoms with van der Waals surface area (Å²) >= 11 is 1.25. The second-order valence-electron chi connectivity index (χ2n) is 4.50. The summed E-state index contributed by atoms with van der Waals surface area (Å²) in [6.45, 7) is 4.16. The number of carbonyl (C=O) groups is 1. The second kappa shape index (κ2) is 7.12. The number of nitrogen functional groups attached to an aromatic ring is 1. The van der Waals surface area contributed by atoms with Crippen LogP contribution < -0.4 is 11.1 Å². The molecule has 0 spiro atoms. The van der Waals surface area contributed by atoms with Crippen molar-refractivity contribution in [2.24, 2.45) is 0 Å². The van der Waals surface area contributed by atoms with Crippen LogP contribution >= 0.6 is 11.8 Å². The molecule has 0 aliphatic rings. The molecular formula is C14H19N5OS. The number of aromatic nitrogens is 3. The second-order valence-corrected chi connectivity index (χ2v) is 5.44. The van der Waals surface area contributed by atoms with Gasteiger partial charge >= 0.3 is 0 Å². The van der Waals surface area contributed by atoms with Crippen molar-refractivity contribution in [2.45, 2.75) is 31.8 Å². The summed E-state index contributed by atoms with van der Waals surface area (Å²) in [4.78, 5) is 16.1. The summed E-state index contributed by atoms with van der Waals surface area (Å²) in [5, 5.41) is 9.90. The van der Waals surface area contributed by atoms with Gasteiger partial charge in [-0.25, -0.2) is 5.10 Å². The van der Waals surface area contributed by atoms with Gasteiger partial charge in [0.25, 0.3) is 0 Å². The number of anilines is 2. The molecule has 2 aromatic rings. The van der Waals surface area contributed by atoms with Crippen molar-refractivity contribution >= 4 is 29.3 Å². The number of hydrogen-bond acceptors (Lipinski definition) is 5. The Morgan fingerprint density at radius 3 is 2.52 bits per heavy atom. The Morgan fingerprint density at radius 1 is 1.33 bits per heavy atom. The van der Waals surface area contributed by atoms with E-state index in [2.05, 4.69) is 34.3 Å². The lowest BCUT2D eigenvalue weighted by atomic mass is 10.0. The number of nitrogens with zero attached hydrogens (tertiary/aromatic N) is 2. The van der Waals surface area contributed by atoms with Crippen LogP contribution in [0.5, 0.6) is 0 Å². The smallest absolute Gasteiger partial charge is 0.234 e. The highest BCUT2D eigenvalue weighted by Gasteiger charge is 2.11. The Bertz CT molecular complexity index is 603. The summed E-state index contributed by atoms with van der Waals surface area (Å²) < 4.78 is 0. The summed E-state index contributed by atoms with van der Waals surface area (Å²) in [6, 6.07) is 6.11. The van der Waals surface area contributed by atoms with E-state index in [1.54, 1.807) is 0 Å². The number of benzene rings is 1. The number of hydrogen-bond donors (Lipinski definition) is 3. The van der Waals surface area contributed by atoms with Crippen molar-refractivity contribution in [3.63, 3.8) is 0 Å². The number of para-hydroxylation sites is 1. The summed E-state index contributed by atoms with van der Waals surface area (Å²) in [5.41, 5.74) is 8.67. The highest BCUT2D eigenvalue weighted by molar-refractivity contribution is 7.99. The molecule has 0 atom stereocenters. The van der Waals surface area contributed by atoms with Gasteiger partial charge in [0.15, 0.2) is 0 Å². The van der Waals surface area contributed by atoms with Crippen LogP contribution in [0.3, 0.4) is 0 Å². The fourth-order valence-electron chi connectivity index (χ4n) is 2.03. The lowest BCUT2D eigenvalue weighted by Crippen LogP contribution is -2.16. The first-order chi connectivity index (χ1) is 10.1. The molecule has 0 saturated carbocycles. The maximum atomic E-state index is 12.1. The van der Waals surface area contributed by atoms with Crippen LogP contribution in [0, 0.1) is 0 Å². The third-order valence-electron chi connectivity index (χ3n) is 3.08. The van der Waals surface area contributed by atoms with Crippen LogP contribution in [-0.4, -0.2) is 26.8 Å². The molecule has 6 nitrogen and oxygen atoms in total. The number of aromatic amines is 1. The Hall–Kier alpha value is -2.02. The maximum absolute atomic E-state index is 12.1. The van der Waals surface area contributed by atoms with E-state index in [1.165, 1.54) is 11.8 Å². The molecule has 1 amide bonds. The molecule has 4 N–H and O–H groups in total. The zero-order valence-electron chi connectivity index (χ0n) is 12.1. The fraction of sp³-hybridized carbons (Fsp3) is 0.357. The van der Waals surface area contributed by atoms with Gasteiger partial charge in [0, 0.05) is 5.69 Å². The SMILES string of the molecule is CCc1cccc(CC)c1NC(=O)CSc1n[nH]c(N)n1. The molecule has 2 rings (SSSR count). The number of carbonyl (C=O) groups excluding carboxylic acids is 1. The average molecular weight is 305 g/mol. The molecule has 0 saturated heterocycles. The first kappa shape index (κ1) is 15.4. The van der Waals surface area contributed by atoms with Crippen LogP contribution in [-0.2, 0) is 17.6 Å². The third kappa shape index (κ3) is 3.98. The van der Waals surface area contributed by atoms with E-state index in [1.807, 2.05) is 18.2 Å². The molecular weight excluding hydrogens is 286 g/mol. The van der Waals surface area contributed by atoms with E-state index >= 15 is 0 Å². The Morgan fingerprint density at radius 2 is 2.00 bits per heavy atom. The number of nitrogens with one attached hydrogen (secondary N) is 2. The molecule has 112 valence electrons. The minimum absolute atomic E-state index is 0.0704. The zero-order chi connectivity index (χ0) is 15.2. The lowest BCUT2D eigenvalue weighted by molar-refractivity contribution is -0.113. The molecule has 0 bridgehead atoms. The molecule has 1 aromatic heterocycles. The quantitative estimate of drug-likeness (QED) is 0.711. The Labute approximate surface area is 127 Å². The van der Waals surface area contributed by atoms with E-state index in [0.29, 0.717) is 5.16 Å². The molecule has 0 aliphatic carbocycles. The van der Waals surface area contributed by atoms with Crippen molar-refractivity contribution in [1.82, 2.24) is 15.2 Å². The van der Waals surface area contributed by atoms with Crippen molar-refractivity contribution < 1.29 is 4.79 Å². The lowest BCUT2D eigenvalue weighted by Gasteiger charge is -2.14.